The third-order valence-electron chi connectivity index (χ3n) is 2.32. The molecule has 0 bridgehead atoms. The van der Waals surface area contributed by atoms with Crippen molar-refractivity contribution in [1.29, 1.82) is 0 Å². The zero-order chi connectivity index (χ0) is 12.4. The summed E-state index contributed by atoms with van der Waals surface area (Å²) in [5.41, 5.74) is 6.32. The topological polar surface area (TPSA) is 64.9 Å². The van der Waals surface area contributed by atoms with Crippen molar-refractivity contribution in [1.82, 2.24) is 10.1 Å². The Labute approximate surface area is 106 Å². The summed E-state index contributed by atoms with van der Waals surface area (Å²) >= 11 is 3.21. The first-order valence-electron chi connectivity index (χ1n) is 5.15. The molecule has 0 aliphatic rings. The summed E-state index contributed by atoms with van der Waals surface area (Å²) in [6.07, 6.45) is 0.703. The van der Waals surface area contributed by atoms with Crippen molar-refractivity contribution in [2.45, 2.75) is 19.4 Å². The Kier molecular flexibility index (Phi) is 3.54. The molecule has 0 aliphatic heterocycles. The van der Waals surface area contributed by atoms with Crippen LogP contribution in [0.2, 0.25) is 0 Å². The van der Waals surface area contributed by atoms with Crippen molar-refractivity contribution in [3.8, 4) is 11.4 Å². The SMILES string of the molecule is CC[C@H](N)c1nc(-c2cc(F)cc(Br)c2)no1. The Bertz CT molecular complexity index is 509. The zero-order valence-electron chi connectivity index (χ0n) is 9.15. The van der Waals surface area contributed by atoms with E-state index in [4.69, 9.17) is 10.3 Å². The molecule has 4 nitrogen and oxygen atoms in total. The van der Waals surface area contributed by atoms with Gasteiger partial charge in [0.15, 0.2) is 0 Å². The molecule has 0 radical (unpaired) electrons. The highest BCUT2D eigenvalue weighted by atomic mass is 79.9. The molecule has 2 N–H and O–H groups in total. The Morgan fingerprint density at radius 3 is 2.88 bits per heavy atom. The highest BCUT2D eigenvalue weighted by Gasteiger charge is 2.14. The molecule has 1 atom stereocenters. The van der Waals surface area contributed by atoms with Gasteiger partial charge >= 0.3 is 0 Å². The molecule has 0 fully saturated rings. The number of halogens is 2. The molecule has 1 aromatic heterocycles. The van der Waals surface area contributed by atoms with Gasteiger partial charge in [-0.05, 0) is 24.6 Å². The number of aromatic nitrogens is 2. The van der Waals surface area contributed by atoms with Gasteiger partial charge in [-0.15, -0.1) is 0 Å². The summed E-state index contributed by atoms with van der Waals surface area (Å²) in [7, 11) is 0. The first-order valence-corrected chi connectivity index (χ1v) is 5.95. The molecule has 0 aliphatic carbocycles. The molecular formula is C11H11BrFN3O. The van der Waals surface area contributed by atoms with Crippen molar-refractivity contribution in [2.24, 2.45) is 5.73 Å². The summed E-state index contributed by atoms with van der Waals surface area (Å²) in [5, 5.41) is 3.78. The lowest BCUT2D eigenvalue weighted by molar-refractivity contribution is 0.352. The predicted molar refractivity (Wildman–Crippen MR) is 64.6 cm³/mol. The van der Waals surface area contributed by atoms with E-state index in [1.165, 1.54) is 12.1 Å². The minimum Gasteiger partial charge on any atom is -0.337 e. The second-order valence-corrected chi connectivity index (χ2v) is 4.54. The first-order chi connectivity index (χ1) is 8.10. The third-order valence-corrected chi connectivity index (χ3v) is 2.78. The van der Waals surface area contributed by atoms with Crippen molar-refractivity contribution < 1.29 is 8.91 Å². The fraction of sp³-hybridized carbons (Fsp3) is 0.273. The van der Waals surface area contributed by atoms with Crippen molar-refractivity contribution >= 4 is 15.9 Å². The molecule has 17 heavy (non-hydrogen) atoms. The van der Waals surface area contributed by atoms with E-state index in [0.29, 0.717) is 28.2 Å². The van der Waals surface area contributed by atoms with Gasteiger partial charge in [0.1, 0.15) is 5.82 Å². The molecule has 1 heterocycles. The highest BCUT2D eigenvalue weighted by Crippen LogP contribution is 2.23. The summed E-state index contributed by atoms with van der Waals surface area (Å²) in [4.78, 5) is 4.14. The van der Waals surface area contributed by atoms with Gasteiger partial charge in [-0.2, -0.15) is 4.98 Å². The molecule has 1 aromatic carbocycles. The van der Waals surface area contributed by atoms with E-state index in [1.54, 1.807) is 6.07 Å². The van der Waals surface area contributed by atoms with E-state index in [9.17, 15) is 4.39 Å². The second-order valence-electron chi connectivity index (χ2n) is 3.63. The molecule has 6 heteroatoms. The highest BCUT2D eigenvalue weighted by molar-refractivity contribution is 9.10. The van der Waals surface area contributed by atoms with Crippen LogP contribution in [0.25, 0.3) is 11.4 Å². The summed E-state index contributed by atoms with van der Waals surface area (Å²) in [5.74, 6) is 0.340. The standard InChI is InChI=1S/C11H11BrFN3O/c1-2-9(14)11-15-10(16-17-11)6-3-7(12)5-8(13)4-6/h3-5,9H,2,14H2,1H3/t9-/m0/s1. The number of nitrogens with zero attached hydrogens (tertiary/aromatic N) is 2. The van der Waals surface area contributed by atoms with E-state index in [-0.39, 0.29) is 11.9 Å². The number of nitrogens with two attached hydrogens (primary N) is 1. The molecule has 0 saturated heterocycles. The maximum atomic E-state index is 13.2. The maximum Gasteiger partial charge on any atom is 0.243 e. The van der Waals surface area contributed by atoms with Gasteiger partial charge in [0.05, 0.1) is 6.04 Å². The number of hydrogen-bond donors (Lipinski definition) is 1. The van der Waals surface area contributed by atoms with Crippen LogP contribution in [0.1, 0.15) is 25.3 Å². The van der Waals surface area contributed by atoms with Crippen LogP contribution in [0.5, 0.6) is 0 Å². The molecule has 0 spiro atoms. The maximum absolute atomic E-state index is 13.2. The Morgan fingerprint density at radius 1 is 1.47 bits per heavy atom. The van der Waals surface area contributed by atoms with E-state index in [1.807, 2.05) is 6.92 Å². The van der Waals surface area contributed by atoms with Crippen LogP contribution in [-0.4, -0.2) is 10.1 Å². The van der Waals surface area contributed by atoms with Crippen LogP contribution in [0.15, 0.2) is 27.2 Å². The van der Waals surface area contributed by atoms with Crippen LogP contribution >= 0.6 is 15.9 Å². The molecule has 90 valence electrons. The molecule has 2 rings (SSSR count). The molecule has 2 aromatic rings. The lowest BCUT2D eigenvalue weighted by Crippen LogP contribution is -2.08. The fourth-order valence-electron chi connectivity index (χ4n) is 1.36. The van der Waals surface area contributed by atoms with Gasteiger partial charge < -0.3 is 10.3 Å². The van der Waals surface area contributed by atoms with E-state index in [2.05, 4.69) is 26.1 Å². The Morgan fingerprint density at radius 2 is 2.24 bits per heavy atom. The Hall–Kier alpha value is -1.27. The lowest BCUT2D eigenvalue weighted by atomic mass is 10.2. The average Bonchev–Trinajstić information content (AvgIpc) is 2.76. The van der Waals surface area contributed by atoms with Gasteiger partial charge in [-0.1, -0.05) is 28.0 Å². The third kappa shape index (κ3) is 2.70. The van der Waals surface area contributed by atoms with Crippen molar-refractivity contribution in [2.75, 3.05) is 0 Å². The normalized spacial score (nSPS) is 12.7. The zero-order valence-corrected chi connectivity index (χ0v) is 10.7. The monoisotopic (exact) mass is 299 g/mol. The summed E-state index contributed by atoms with van der Waals surface area (Å²) in [6.45, 7) is 1.92. The van der Waals surface area contributed by atoms with Gasteiger partial charge in [0.2, 0.25) is 11.7 Å². The van der Waals surface area contributed by atoms with Crippen molar-refractivity contribution in [3.63, 3.8) is 0 Å². The minimum absolute atomic E-state index is 0.284. The van der Waals surface area contributed by atoms with Gasteiger partial charge in [-0.3, -0.25) is 0 Å². The summed E-state index contributed by atoms with van der Waals surface area (Å²) in [6, 6.07) is 4.14. The van der Waals surface area contributed by atoms with Crippen LogP contribution < -0.4 is 5.73 Å². The van der Waals surface area contributed by atoms with E-state index < -0.39 is 0 Å². The average molecular weight is 300 g/mol. The van der Waals surface area contributed by atoms with Gasteiger partial charge in [-0.25, -0.2) is 4.39 Å². The van der Waals surface area contributed by atoms with Crippen LogP contribution in [0.3, 0.4) is 0 Å². The minimum atomic E-state index is -0.361. The summed E-state index contributed by atoms with van der Waals surface area (Å²) < 4.78 is 18.9. The number of benzene rings is 1. The molecular weight excluding hydrogens is 289 g/mol. The Balaban J connectivity index is 2.36. The molecule has 0 unspecified atom stereocenters. The quantitative estimate of drug-likeness (QED) is 0.946. The fourth-order valence-corrected chi connectivity index (χ4v) is 1.83. The van der Waals surface area contributed by atoms with E-state index >= 15 is 0 Å². The number of hydrogen-bond acceptors (Lipinski definition) is 4. The second kappa shape index (κ2) is 4.93. The van der Waals surface area contributed by atoms with Crippen molar-refractivity contribution in [3.05, 3.63) is 34.4 Å². The molecule has 0 amide bonds. The lowest BCUT2D eigenvalue weighted by Gasteiger charge is -1.99. The largest absolute Gasteiger partial charge is 0.337 e. The van der Waals surface area contributed by atoms with Crippen LogP contribution in [0.4, 0.5) is 4.39 Å². The smallest absolute Gasteiger partial charge is 0.243 e. The predicted octanol–water partition coefficient (Wildman–Crippen LogP) is 3.05. The van der Waals surface area contributed by atoms with Gasteiger partial charge in [0, 0.05) is 10.0 Å². The van der Waals surface area contributed by atoms with E-state index in [0.717, 1.165) is 0 Å². The molecule has 0 saturated carbocycles. The van der Waals surface area contributed by atoms with Crippen LogP contribution in [0, 0.1) is 5.82 Å². The van der Waals surface area contributed by atoms with Crippen LogP contribution in [-0.2, 0) is 0 Å². The first kappa shape index (κ1) is 12.2. The number of rotatable bonds is 3. The van der Waals surface area contributed by atoms with Gasteiger partial charge in [0.25, 0.3) is 0 Å².